The van der Waals surface area contributed by atoms with Crippen molar-refractivity contribution in [2.24, 2.45) is 10.2 Å². The predicted octanol–water partition coefficient (Wildman–Crippen LogP) is 0.291. The number of amides is 1. The third-order valence-corrected chi connectivity index (χ3v) is 3.64. The van der Waals surface area contributed by atoms with E-state index in [-0.39, 0.29) is 17.3 Å². The number of pyridine rings is 1. The third kappa shape index (κ3) is 5.49. The molecule has 0 saturated heterocycles. The molecule has 0 aliphatic rings. The van der Waals surface area contributed by atoms with Gasteiger partial charge >= 0.3 is 0 Å². The van der Waals surface area contributed by atoms with E-state index in [1.54, 1.807) is 30.6 Å². The topological polar surface area (TPSA) is 127 Å². The largest absolute Gasteiger partial charge is 0.376 e. The van der Waals surface area contributed by atoms with Gasteiger partial charge < -0.3 is 5.32 Å². The van der Waals surface area contributed by atoms with Crippen LogP contribution in [0.1, 0.15) is 5.56 Å². The number of sulfonamides is 1. The maximum atomic E-state index is 11.6. The number of nitrogens with zero attached hydrogens (tertiary/aromatic N) is 2. The number of anilines is 1. The molecule has 23 heavy (non-hydrogen) atoms. The number of hydrogen-bond donors (Lipinski definition) is 3. The molecule has 0 saturated carbocycles. The normalized spacial score (nSPS) is 11.3. The quantitative estimate of drug-likeness (QED) is 0.517. The van der Waals surface area contributed by atoms with Crippen molar-refractivity contribution in [1.82, 2.24) is 10.4 Å². The van der Waals surface area contributed by atoms with Crippen LogP contribution in [-0.2, 0) is 14.8 Å². The average molecular weight is 333 g/mol. The molecule has 1 amide bonds. The Morgan fingerprint density at radius 2 is 2.00 bits per heavy atom. The molecule has 4 N–H and O–H groups in total. The van der Waals surface area contributed by atoms with Crippen LogP contribution in [0, 0.1) is 0 Å². The van der Waals surface area contributed by atoms with Crippen molar-refractivity contribution in [2.45, 2.75) is 4.90 Å². The summed E-state index contributed by atoms with van der Waals surface area (Å²) in [7, 11) is -3.78. The Kier molecular flexibility index (Phi) is 5.39. The molecule has 2 aromatic rings. The van der Waals surface area contributed by atoms with Crippen LogP contribution in [0.5, 0.6) is 0 Å². The fraction of sp³-hybridized carbons (Fsp3) is 0.0714. The van der Waals surface area contributed by atoms with Gasteiger partial charge in [-0.1, -0.05) is 6.07 Å². The van der Waals surface area contributed by atoms with Crippen LogP contribution >= 0.6 is 0 Å². The smallest absolute Gasteiger partial charge is 0.259 e. The number of rotatable bonds is 6. The Bertz CT molecular complexity index is 806. The predicted molar refractivity (Wildman–Crippen MR) is 86.3 cm³/mol. The fourth-order valence-electron chi connectivity index (χ4n) is 1.63. The van der Waals surface area contributed by atoms with Crippen molar-refractivity contribution in [2.75, 3.05) is 11.9 Å². The molecule has 120 valence electrons. The molecule has 9 heteroatoms. The monoisotopic (exact) mass is 333 g/mol. The lowest BCUT2D eigenvalue weighted by atomic mass is 10.3. The maximum Gasteiger partial charge on any atom is 0.259 e. The van der Waals surface area contributed by atoms with E-state index in [0.717, 1.165) is 5.56 Å². The van der Waals surface area contributed by atoms with Crippen molar-refractivity contribution in [3.8, 4) is 0 Å². The number of hydrogen-bond acceptors (Lipinski definition) is 6. The van der Waals surface area contributed by atoms with E-state index in [1.165, 1.54) is 24.4 Å². The van der Waals surface area contributed by atoms with Gasteiger partial charge in [-0.2, -0.15) is 5.10 Å². The molecule has 1 aromatic heterocycles. The number of nitrogens with two attached hydrogens (primary N) is 1. The lowest BCUT2D eigenvalue weighted by Gasteiger charge is -2.06. The minimum atomic E-state index is -3.78. The van der Waals surface area contributed by atoms with Crippen LogP contribution in [0.4, 0.5) is 5.69 Å². The molecule has 0 atom stereocenters. The van der Waals surface area contributed by atoms with E-state index in [4.69, 9.17) is 5.14 Å². The Morgan fingerprint density at radius 3 is 2.70 bits per heavy atom. The second-order valence-electron chi connectivity index (χ2n) is 4.50. The molecule has 0 unspecified atom stereocenters. The van der Waals surface area contributed by atoms with E-state index in [9.17, 15) is 13.2 Å². The van der Waals surface area contributed by atoms with Gasteiger partial charge in [0.15, 0.2) is 0 Å². The first kappa shape index (κ1) is 16.6. The standard InChI is InChI=1S/C14H15N5O3S/c15-23(21,22)13-3-1-2-12(8-13)17-10-14(20)19-18-9-11-4-6-16-7-5-11/h1-9,17H,10H2,(H,19,20)(H2,15,21,22)/b18-9+. The summed E-state index contributed by atoms with van der Waals surface area (Å²) in [5, 5.41) is 11.6. The molecule has 0 spiro atoms. The fourth-order valence-corrected chi connectivity index (χ4v) is 2.19. The maximum absolute atomic E-state index is 11.6. The molecular weight excluding hydrogens is 318 g/mol. The van der Waals surface area contributed by atoms with Gasteiger partial charge in [-0.3, -0.25) is 9.78 Å². The Labute approximate surface area is 133 Å². The van der Waals surface area contributed by atoms with Crippen molar-refractivity contribution >= 4 is 27.8 Å². The molecule has 0 fully saturated rings. The molecule has 1 aromatic carbocycles. The van der Waals surface area contributed by atoms with Crippen LogP contribution in [0.2, 0.25) is 0 Å². The zero-order valence-electron chi connectivity index (χ0n) is 12.0. The molecule has 0 aliphatic carbocycles. The zero-order chi connectivity index (χ0) is 16.7. The second kappa shape index (κ2) is 7.47. The van der Waals surface area contributed by atoms with Crippen molar-refractivity contribution in [1.29, 1.82) is 0 Å². The third-order valence-electron chi connectivity index (χ3n) is 2.72. The molecule has 0 bridgehead atoms. The van der Waals surface area contributed by atoms with Crippen LogP contribution in [0.3, 0.4) is 0 Å². The van der Waals surface area contributed by atoms with E-state index >= 15 is 0 Å². The van der Waals surface area contributed by atoms with Crippen molar-refractivity contribution < 1.29 is 13.2 Å². The van der Waals surface area contributed by atoms with Gasteiger partial charge in [0, 0.05) is 18.1 Å². The van der Waals surface area contributed by atoms with Crippen LogP contribution in [0.15, 0.2) is 58.8 Å². The highest BCUT2D eigenvalue weighted by Gasteiger charge is 2.08. The summed E-state index contributed by atoms with van der Waals surface area (Å²) < 4.78 is 22.5. The first-order valence-electron chi connectivity index (χ1n) is 6.54. The summed E-state index contributed by atoms with van der Waals surface area (Å²) >= 11 is 0. The van der Waals surface area contributed by atoms with Gasteiger partial charge in [0.2, 0.25) is 10.0 Å². The number of nitrogens with one attached hydrogen (secondary N) is 2. The number of aromatic nitrogens is 1. The molecule has 1 heterocycles. The summed E-state index contributed by atoms with van der Waals surface area (Å²) in [5.74, 6) is -0.378. The number of benzene rings is 1. The summed E-state index contributed by atoms with van der Waals surface area (Å²) in [5.41, 5.74) is 3.61. The molecule has 2 rings (SSSR count). The molecule has 0 aliphatic heterocycles. The van der Waals surface area contributed by atoms with E-state index in [0.29, 0.717) is 5.69 Å². The number of carbonyl (C=O) groups is 1. The Morgan fingerprint density at radius 1 is 1.26 bits per heavy atom. The zero-order valence-corrected chi connectivity index (χ0v) is 12.8. The number of carbonyl (C=O) groups excluding carboxylic acids is 1. The summed E-state index contributed by atoms with van der Waals surface area (Å²) in [4.78, 5) is 15.5. The van der Waals surface area contributed by atoms with Crippen LogP contribution in [0.25, 0.3) is 0 Å². The number of primary sulfonamides is 1. The van der Waals surface area contributed by atoms with E-state index in [2.05, 4.69) is 20.8 Å². The highest BCUT2D eigenvalue weighted by molar-refractivity contribution is 7.89. The van der Waals surface area contributed by atoms with Gasteiger partial charge in [-0.05, 0) is 35.9 Å². The molecule has 0 radical (unpaired) electrons. The minimum Gasteiger partial charge on any atom is -0.376 e. The van der Waals surface area contributed by atoms with E-state index < -0.39 is 10.0 Å². The van der Waals surface area contributed by atoms with Crippen molar-refractivity contribution in [3.63, 3.8) is 0 Å². The van der Waals surface area contributed by atoms with E-state index in [1.807, 2.05) is 0 Å². The van der Waals surface area contributed by atoms with Gasteiger partial charge in [0.1, 0.15) is 0 Å². The van der Waals surface area contributed by atoms with Crippen molar-refractivity contribution in [3.05, 3.63) is 54.4 Å². The highest BCUT2D eigenvalue weighted by Crippen LogP contribution is 2.13. The lowest BCUT2D eigenvalue weighted by molar-refractivity contribution is -0.119. The number of hydrazone groups is 1. The summed E-state index contributed by atoms with van der Waals surface area (Å²) in [6.07, 6.45) is 4.72. The first-order valence-corrected chi connectivity index (χ1v) is 8.08. The highest BCUT2D eigenvalue weighted by atomic mass is 32.2. The first-order chi connectivity index (χ1) is 10.9. The Hall–Kier alpha value is -2.78. The molecule has 8 nitrogen and oxygen atoms in total. The molecular formula is C14H15N5O3S. The Balaban J connectivity index is 1.86. The van der Waals surface area contributed by atoms with Gasteiger partial charge in [0.05, 0.1) is 17.7 Å². The van der Waals surface area contributed by atoms with Gasteiger partial charge in [0.25, 0.3) is 5.91 Å². The SMILES string of the molecule is NS(=O)(=O)c1cccc(NCC(=O)N/N=C/c2ccncc2)c1. The summed E-state index contributed by atoms with van der Waals surface area (Å²) in [6.45, 7) is -0.0677. The lowest BCUT2D eigenvalue weighted by Crippen LogP contribution is -2.26. The van der Waals surface area contributed by atoms with Gasteiger partial charge in [-0.15, -0.1) is 0 Å². The average Bonchev–Trinajstić information content (AvgIpc) is 2.53. The van der Waals surface area contributed by atoms with Gasteiger partial charge in [-0.25, -0.2) is 19.0 Å². The second-order valence-corrected chi connectivity index (χ2v) is 6.06. The van der Waals surface area contributed by atoms with Crippen LogP contribution < -0.4 is 15.9 Å². The minimum absolute atomic E-state index is 0.0291. The van der Waals surface area contributed by atoms with Crippen LogP contribution in [-0.4, -0.2) is 32.1 Å². The summed E-state index contributed by atoms with van der Waals surface area (Å²) in [6, 6.07) is 9.37.